The molecule has 6 heteroatoms. The molecule has 2 rings (SSSR count). The Kier molecular flexibility index (Phi) is 3.99. The number of anilines is 2. The molecule has 0 bridgehead atoms. The van der Waals surface area contributed by atoms with Gasteiger partial charge in [-0.2, -0.15) is 0 Å². The number of amides is 1. The Morgan fingerprint density at radius 2 is 2.11 bits per heavy atom. The van der Waals surface area contributed by atoms with Crippen molar-refractivity contribution in [2.45, 2.75) is 45.6 Å². The first kappa shape index (κ1) is 14.1. The van der Waals surface area contributed by atoms with E-state index < -0.39 is 0 Å². The molecule has 1 saturated heterocycles. The van der Waals surface area contributed by atoms with Crippen molar-refractivity contribution in [2.75, 3.05) is 23.7 Å². The Morgan fingerprint density at radius 1 is 1.47 bits per heavy atom. The van der Waals surface area contributed by atoms with Crippen LogP contribution in [0.1, 0.15) is 49.7 Å². The van der Waals surface area contributed by atoms with E-state index in [2.05, 4.69) is 15.2 Å². The van der Waals surface area contributed by atoms with E-state index in [1.54, 1.807) is 0 Å². The standard InChI is InChI=1S/C13H22N4OS/c1-4-13(2,3)16-11(18)9-10(14)15-12(19-9)17-7-5-6-8-17/h4-8,14H2,1-3H3,(H,16,18). The second kappa shape index (κ2) is 5.36. The first-order valence-electron chi connectivity index (χ1n) is 6.76. The van der Waals surface area contributed by atoms with Gasteiger partial charge in [0.15, 0.2) is 5.13 Å². The van der Waals surface area contributed by atoms with Gasteiger partial charge in [0.05, 0.1) is 0 Å². The fourth-order valence-electron chi connectivity index (χ4n) is 1.98. The van der Waals surface area contributed by atoms with Crippen LogP contribution in [0.2, 0.25) is 0 Å². The molecule has 1 aliphatic rings. The molecule has 0 radical (unpaired) electrons. The van der Waals surface area contributed by atoms with Crippen LogP contribution in [0.4, 0.5) is 10.9 Å². The Bertz CT molecular complexity index is 463. The SMILES string of the molecule is CCC(C)(C)NC(=O)c1sc(N2CCCC2)nc1N. The summed E-state index contributed by atoms with van der Waals surface area (Å²) in [5.74, 6) is 0.226. The maximum Gasteiger partial charge on any atom is 0.265 e. The lowest BCUT2D eigenvalue weighted by atomic mass is 10.0. The lowest BCUT2D eigenvalue weighted by Crippen LogP contribution is -2.42. The number of nitrogen functional groups attached to an aromatic ring is 1. The molecule has 0 saturated carbocycles. The molecule has 0 spiro atoms. The van der Waals surface area contributed by atoms with Crippen molar-refractivity contribution in [3.63, 3.8) is 0 Å². The largest absolute Gasteiger partial charge is 0.382 e. The van der Waals surface area contributed by atoms with E-state index in [0.29, 0.717) is 10.7 Å². The first-order valence-corrected chi connectivity index (χ1v) is 7.58. The molecule has 0 atom stereocenters. The minimum atomic E-state index is -0.221. The van der Waals surface area contributed by atoms with Gasteiger partial charge in [0.1, 0.15) is 10.7 Å². The monoisotopic (exact) mass is 282 g/mol. The zero-order chi connectivity index (χ0) is 14.0. The molecule has 0 aliphatic carbocycles. The van der Waals surface area contributed by atoms with Crippen molar-refractivity contribution in [3.05, 3.63) is 4.88 Å². The van der Waals surface area contributed by atoms with Crippen LogP contribution in [-0.4, -0.2) is 29.5 Å². The van der Waals surface area contributed by atoms with Crippen LogP contribution >= 0.6 is 11.3 Å². The van der Waals surface area contributed by atoms with E-state index in [1.165, 1.54) is 24.2 Å². The molecule has 1 aromatic rings. The summed E-state index contributed by atoms with van der Waals surface area (Å²) in [5, 5.41) is 3.87. The Labute approximate surface area is 118 Å². The van der Waals surface area contributed by atoms with Crippen LogP contribution in [0.5, 0.6) is 0 Å². The van der Waals surface area contributed by atoms with Crippen LogP contribution in [-0.2, 0) is 0 Å². The summed E-state index contributed by atoms with van der Waals surface area (Å²) in [6.45, 7) is 8.07. The fourth-order valence-corrected chi connectivity index (χ4v) is 2.91. The molecule has 106 valence electrons. The quantitative estimate of drug-likeness (QED) is 0.888. The zero-order valence-corrected chi connectivity index (χ0v) is 12.6. The number of nitrogens with one attached hydrogen (secondary N) is 1. The lowest BCUT2D eigenvalue weighted by Gasteiger charge is -2.23. The smallest absolute Gasteiger partial charge is 0.265 e. The third-order valence-electron chi connectivity index (χ3n) is 3.56. The molecule has 2 heterocycles. The highest BCUT2D eigenvalue weighted by molar-refractivity contribution is 7.18. The molecule has 0 unspecified atom stereocenters. The highest BCUT2D eigenvalue weighted by Crippen LogP contribution is 2.30. The van der Waals surface area contributed by atoms with Gasteiger partial charge in [-0.25, -0.2) is 4.98 Å². The summed E-state index contributed by atoms with van der Waals surface area (Å²) >= 11 is 1.39. The second-order valence-corrected chi connectivity index (χ2v) is 6.57. The van der Waals surface area contributed by atoms with Gasteiger partial charge in [0, 0.05) is 18.6 Å². The second-order valence-electron chi connectivity index (χ2n) is 5.60. The van der Waals surface area contributed by atoms with Gasteiger partial charge in [-0.15, -0.1) is 0 Å². The number of carbonyl (C=O) groups is 1. The molecule has 0 aromatic carbocycles. The summed E-state index contributed by atoms with van der Waals surface area (Å²) in [7, 11) is 0. The normalized spacial score (nSPS) is 15.8. The van der Waals surface area contributed by atoms with Crippen molar-refractivity contribution in [2.24, 2.45) is 0 Å². The van der Waals surface area contributed by atoms with Crippen molar-refractivity contribution in [3.8, 4) is 0 Å². The predicted molar refractivity (Wildman–Crippen MR) is 79.8 cm³/mol. The highest BCUT2D eigenvalue weighted by Gasteiger charge is 2.25. The third kappa shape index (κ3) is 3.18. The van der Waals surface area contributed by atoms with E-state index in [4.69, 9.17) is 5.73 Å². The van der Waals surface area contributed by atoms with Gasteiger partial charge in [-0.3, -0.25) is 4.79 Å². The van der Waals surface area contributed by atoms with Gasteiger partial charge in [0.25, 0.3) is 5.91 Å². The van der Waals surface area contributed by atoms with Crippen molar-refractivity contribution in [1.29, 1.82) is 0 Å². The summed E-state index contributed by atoms with van der Waals surface area (Å²) in [4.78, 5) is 19.3. The summed E-state index contributed by atoms with van der Waals surface area (Å²) in [5.41, 5.74) is 5.66. The molecule has 1 fully saturated rings. The van der Waals surface area contributed by atoms with E-state index in [0.717, 1.165) is 24.6 Å². The molecule has 19 heavy (non-hydrogen) atoms. The highest BCUT2D eigenvalue weighted by atomic mass is 32.1. The summed E-state index contributed by atoms with van der Waals surface area (Å²) in [6.07, 6.45) is 3.24. The molecule has 1 amide bonds. The number of hydrogen-bond acceptors (Lipinski definition) is 5. The minimum absolute atomic E-state index is 0.118. The molecule has 1 aromatic heterocycles. The van der Waals surface area contributed by atoms with Gasteiger partial charge in [-0.05, 0) is 33.1 Å². The molecule has 1 aliphatic heterocycles. The third-order valence-corrected chi connectivity index (χ3v) is 4.69. The molecular formula is C13H22N4OS. The number of carbonyl (C=O) groups excluding carboxylic acids is 1. The summed E-state index contributed by atoms with van der Waals surface area (Å²) < 4.78 is 0. The number of rotatable bonds is 4. The van der Waals surface area contributed by atoms with Gasteiger partial charge < -0.3 is 16.0 Å². The fraction of sp³-hybridized carbons (Fsp3) is 0.692. The summed E-state index contributed by atoms with van der Waals surface area (Å²) in [6, 6.07) is 0. The molecule has 5 nitrogen and oxygen atoms in total. The van der Waals surface area contributed by atoms with Crippen LogP contribution in [0.3, 0.4) is 0 Å². The Hall–Kier alpha value is -1.30. The zero-order valence-electron chi connectivity index (χ0n) is 11.8. The average Bonchev–Trinajstić information content (AvgIpc) is 2.96. The molecule has 3 N–H and O–H groups in total. The molecular weight excluding hydrogens is 260 g/mol. The predicted octanol–water partition coefficient (Wildman–Crippen LogP) is 2.24. The van der Waals surface area contributed by atoms with Crippen LogP contribution < -0.4 is 16.0 Å². The number of nitrogens with zero attached hydrogens (tertiary/aromatic N) is 2. The van der Waals surface area contributed by atoms with Gasteiger partial charge in [-0.1, -0.05) is 18.3 Å². The van der Waals surface area contributed by atoms with E-state index in [1.807, 2.05) is 20.8 Å². The van der Waals surface area contributed by atoms with Crippen LogP contribution in [0.15, 0.2) is 0 Å². The van der Waals surface area contributed by atoms with E-state index in [-0.39, 0.29) is 11.4 Å². The lowest BCUT2D eigenvalue weighted by molar-refractivity contribution is 0.0916. The van der Waals surface area contributed by atoms with Crippen molar-refractivity contribution < 1.29 is 4.79 Å². The van der Waals surface area contributed by atoms with Crippen molar-refractivity contribution in [1.82, 2.24) is 10.3 Å². The first-order chi connectivity index (χ1) is 8.93. The topological polar surface area (TPSA) is 71.2 Å². The number of hydrogen-bond donors (Lipinski definition) is 2. The minimum Gasteiger partial charge on any atom is -0.382 e. The number of aromatic nitrogens is 1. The Morgan fingerprint density at radius 3 is 2.68 bits per heavy atom. The average molecular weight is 282 g/mol. The van der Waals surface area contributed by atoms with Crippen LogP contribution in [0.25, 0.3) is 0 Å². The maximum absolute atomic E-state index is 12.2. The maximum atomic E-state index is 12.2. The van der Waals surface area contributed by atoms with Gasteiger partial charge >= 0.3 is 0 Å². The number of nitrogens with two attached hydrogens (primary N) is 1. The van der Waals surface area contributed by atoms with Gasteiger partial charge in [0.2, 0.25) is 0 Å². The van der Waals surface area contributed by atoms with Crippen LogP contribution in [0, 0.1) is 0 Å². The van der Waals surface area contributed by atoms with E-state index >= 15 is 0 Å². The van der Waals surface area contributed by atoms with E-state index in [9.17, 15) is 4.79 Å². The Balaban J connectivity index is 2.14. The van der Waals surface area contributed by atoms with Crippen molar-refractivity contribution >= 4 is 28.2 Å². The number of thiazole rings is 1.